The molecule has 0 spiro atoms. The maximum absolute atomic E-state index is 12.0. The van der Waals surface area contributed by atoms with Crippen molar-refractivity contribution in [2.45, 2.75) is 19.9 Å². The monoisotopic (exact) mass is 292 g/mol. The molecule has 1 atom stereocenters. The van der Waals surface area contributed by atoms with E-state index in [9.17, 15) is 4.79 Å². The van der Waals surface area contributed by atoms with Gasteiger partial charge in [0, 0.05) is 18.7 Å². The minimum atomic E-state index is -0.465. The predicted molar refractivity (Wildman–Crippen MR) is 80.6 cm³/mol. The molecule has 3 N–H and O–H groups in total. The summed E-state index contributed by atoms with van der Waals surface area (Å²) in [7, 11) is 3.11. The average molecular weight is 292 g/mol. The molecule has 0 saturated carbocycles. The maximum atomic E-state index is 12.0. The van der Waals surface area contributed by atoms with E-state index in [0.717, 1.165) is 5.52 Å². The van der Waals surface area contributed by atoms with E-state index >= 15 is 0 Å². The molecule has 0 aliphatic heterocycles. The van der Waals surface area contributed by atoms with Crippen molar-refractivity contribution in [1.82, 2.24) is 14.9 Å². The lowest BCUT2D eigenvalue weighted by Crippen LogP contribution is -2.31. The van der Waals surface area contributed by atoms with Crippen LogP contribution in [0.15, 0.2) is 12.1 Å². The lowest BCUT2D eigenvalue weighted by Gasteiger charge is -2.16. The Hall–Kier alpha value is -2.44. The molecule has 1 unspecified atom stereocenters. The summed E-state index contributed by atoms with van der Waals surface area (Å²) < 4.78 is 12.2. The Balaban J connectivity index is 2.58. The number of carbonyl (C=O) groups excluding carboxylic acids is 1. The van der Waals surface area contributed by atoms with Crippen LogP contribution in [0, 0.1) is 0 Å². The topological polar surface area (TPSA) is 91.4 Å². The third-order valence-electron chi connectivity index (χ3n) is 3.34. The highest BCUT2D eigenvalue weighted by Crippen LogP contribution is 2.34. The number of imidazole rings is 1. The molecule has 2 aromatic rings. The third kappa shape index (κ3) is 2.58. The number of nitrogen functional groups attached to an aromatic ring is 1. The number of carbonyl (C=O) groups is 1. The number of nitrogens with zero attached hydrogens (tertiary/aromatic N) is 2. The van der Waals surface area contributed by atoms with Crippen molar-refractivity contribution in [3.8, 4) is 11.5 Å². The molecule has 1 amide bonds. The highest BCUT2D eigenvalue weighted by atomic mass is 16.5. The van der Waals surface area contributed by atoms with E-state index in [2.05, 4.69) is 10.3 Å². The molecule has 1 heterocycles. The summed E-state index contributed by atoms with van der Waals surface area (Å²) in [6.45, 7) is 4.21. The second-order valence-corrected chi connectivity index (χ2v) is 4.61. The van der Waals surface area contributed by atoms with E-state index in [-0.39, 0.29) is 11.9 Å². The number of anilines is 1. The number of hydrogen-bond donors (Lipinski definition) is 2. The Morgan fingerprint density at radius 3 is 2.57 bits per heavy atom. The molecule has 1 aromatic heterocycles. The number of ether oxygens (including phenoxy) is 2. The smallest absolute Gasteiger partial charge is 0.242 e. The van der Waals surface area contributed by atoms with Crippen LogP contribution < -0.4 is 20.5 Å². The zero-order valence-corrected chi connectivity index (χ0v) is 12.6. The number of nitrogens with two attached hydrogens (primary N) is 1. The van der Waals surface area contributed by atoms with Crippen LogP contribution in [-0.4, -0.2) is 36.2 Å². The van der Waals surface area contributed by atoms with Crippen LogP contribution in [0.25, 0.3) is 11.0 Å². The van der Waals surface area contributed by atoms with Crippen LogP contribution in [0.4, 0.5) is 5.95 Å². The summed E-state index contributed by atoms with van der Waals surface area (Å²) in [5, 5.41) is 2.78. The van der Waals surface area contributed by atoms with Gasteiger partial charge < -0.3 is 20.5 Å². The van der Waals surface area contributed by atoms with Crippen molar-refractivity contribution < 1.29 is 14.3 Å². The van der Waals surface area contributed by atoms with Gasteiger partial charge >= 0.3 is 0 Å². The van der Waals surface area contributed by atoms with Gasteiger partial charge in [0.25, 0.3) is 0 Å². The van der Waals surface area contributed by atoms with Gasteiger partial charge in [-0.05, 0) is 13.8 Å². The Morgan fingerprint density at radius 1 is 1.38 bits per heavy atom. The molecule has 1 aromatic carbocycles. The summed E-state index contributed by atoms with van der Waals surface area (Å²) >= 11 is 0. The van der Waals surface area contributed by atoms with E-state index in [1.54, 1.807) is 37.8 Å². The summed E-state index contributed by atoms with van der Waals surface area (Å²) in [5.74, 6) is 1.30. The average Bonchev–Trinajstić information content (AvgIpc) is 2.79. The molecule has 0 aliphatic rings. The van der Waals surface area contributed by atoms with Crippen molar-refractivity contribution in [1.29, 1.82) is 0 Å². The van der Waals surface area contributed by atoms with Crippen LogP contribution in [0.2, 0.25) is 0 Å². The molecule has 114 valence electrons. The molecule has 0 saturated heterocycles. The van der Waals surface area contributed by atoms with Crippen molar-refractivity contribution in [2.24, 2.45) is 0 Å². The number of hydrogen-bond acceptors (Lipinski definition) is 5. The predicted octanol–water partition coefficient (Wildman–Crippen LogP) is 1.33. The second-order valence-electron chi connectivity index (χ2n) is 4.61. The van der Waals surface area contributed by atoms with Crippen molar-refractivity contribution in [2.75, 3.05) is 26.5 Å². The number of nitrogens with one attached hydrogen (secondary N) is 1. The molecule has 0 bridgehead atoms. The first-order chi connectivity index (χ1) is 10.0. The molecule has 0 radical (unpaired) electrons. The van der Waals surface area contributed by atoms with E-state index < -0.39 is 6.04 Å². The number of aromatic nitrogens is 2. The molecule has 0 aliphatic carbocycles. The standard InChI is InChI=1S/C14H20N4O3/c1-5-16-13(19)8(2)18-10-7-12(21-4)11(20-3)6-9(10)17-14(18)15/h6-8H,5H2,1-4H3,(H2,15,17)(H,16,19). The number of rotatable bonds is 5. The van der Waals surface area contributed by atoms with Crippen molar-refractivity contribution >= 4 is 22.9 Å². The molecular weight excluding hydrogens is 272 g/mol. The minimum Gasteiger partial charge on any atom is -0.493 e. The zero-order chi connectivity index (χ0) is 15.6. The van der Waals surface area contributed by atoms with E-state index in [4.69, 9.17) is 15.2 Å². The SMILES string of the molecule is CCNC(=O)C(C)n1c(N)nc2cc(OC)c(OC)cc21. The first-order valence-corrected chi connectivity index (χ1v) is 6.70. The number of benzene rings is 1. The van der Waals surface area contributed by atoms with Gasteiger partial charge in [0.1, 0.15) is 6.04 Å². The molecule has 0 fully saturated rings. The van der Waals surface area contributed by atoms with Gasteiger partial charge in [-0.15, -0.1) is 0 Å². The summed E-state index contributed by atoms with van der Waals surface area (Å²) in [6.07, 6.45) is 0. The number of fused-ring (bicyclic) bond motifs is 1. The Kier molecular flexibility index (Phi) is 4.21. The minimum absolute atomic E-state index is 0.113. The van der Waals surface area contributed by atoms with E-state index in [1.807, 2.05) is 6.92 Å². The lowest BCUT2D eigenvalue weighted by atomic mass is 10.2. The van der Waals surface area contributed by atoms with Gasteiger partial charge in [-0.3, -0.25) is 9.36 Å². The summed E-state index contributed by atoms with van der Waals surface area (Å²) in [5.41, 5.74) is 7.34. The molecular formula is C14H20N4O3. The van der Waals surface area contributed by atoms with Crippen molar-refractivity contribution in [3.63, 3.8) is 0 Å². The number of likely N-dealkylation sites (N-methyl/N-ethyl adjacent to an activating group) is 1. The fourth-order valence-electron chi connectivity index (χ4n) is 2.29. The normalized spacial score (nSPS) is 12.2. The molecule has 7 heteroatoms. The largest absolute Gasteiger partial charge is 0.493 e. The number of methoxy groups -OCH3 is 2. The molecule has 7 nitrogen and oxygen atoms in total. The van der Waals surface area contributed by atoms with Crippen molar-refractivity contribution in [3.05, 3.63) is 12.1 Å². The van der Waals surface area contributed by atoms with Crippen LogP contribution in [0.5, 0.6) is 11.5 Å². The van der Waals surface area contributed by atoms with E-state index in [0.29, 0.717) is 23.6 Å². The maximum Gasteiger partial charge on any atom is 0.242 e. The van der Waals surface area contributed by atoms with E-state index in [1.165, 1.54) is 0 Å². The lowest BCUT2D eigenvalue weighted by molar-refractivity contribution is -0.123. The Labute approximate surface area is 123 Å². The Bertz CT molecular complexity index is 666. The van der Waals surface area contributed by atoms with Crippen LogP contribution >= 0.6 is 0 Å². The highest BCUT2D eigenvalue weighted by Gasteiger charge is 2.21. The Morgan fingerprint density at radius 2 is 2.00 bits per heavy atom. The highest BCUT2D eigenvalue weighted by molar-refractivity contribution is 5.87. The fourth-order valence-corrected chi connectivity index (χ4v) is 2.29. The first-order valence-electron chi connectivity index (χ1n) is 6.70. The second kappa shape index (κ2) is 5.90. The third-order valence-corrected chi connectivity index (χ3v) is 3.34. The quantitative estimate of drug-likeness (QED) is 0.867. The zero-order valence-electron chi connectivity index (χ0n) is 12.6. The summed E-state index contributed by atoms with van der Waals surface area (Å²) in [4.78, 5) is 16.3. The first kappa shape index (κ1) is 15.0. The van der Waals surface area contributed by atoms with Gasteiger partial charge in [0.15, 0.2) is 11.5 Å². The number of amides is 1. The summed E-state index contributed by atoms with van der Waals surface area (Å²) in [6, 6.07) is 3.05. The van der Waals surface area contributed by atoms with Gasteiger partial charge in [0.2, 0.25) is 11.9 Å². The van der Waals surface area contributed by atoms with Gasteiger partial charge in [-0.1, -0.05) is 0 Å². The fraction of sp³-hybridized carbons (Fsp3) is 0.429. The van der Waals surface area contributed by atoms with Gasteiger partial charge in [-0.2, -0.15) is 0 Å². The van der Waals surface area contributed by atoms with Crippen LogP contribution in [0.3, 0.4) is 0 Å². The van der Waals surface area contributed by atoms with Gasteiger partial charge in [0.05, 0.1) is 25.3 Å². The molecule has 2 rings (SSSR count). The van der Waals surface area contributed by atoms with Gasteiger partial charge in [-0.25, -0.2) is 4.98 Å². The van der Waals surface area contributed by atoms with Crippen LogP contribution in [0.1, 0.15) is 19.9 Å². The van der Waals surface area contributed by atoms with Crippen LogP contribution in [-0.2, 0) is 4.79 Å². The molecule has 21 heavy (non-hydrogen) atoms.